The first-order chi connectivity index (χ1) is 7.54. The zero-order valence-electron chi connectivity index (χ0n) is 10.0. The summed E-state index contributed by atoms with van der Waals surface area (Å²) in [6.45, 7) is 6.55. The normalized spacial score (nSPS) is 10.2. The van der Waals surface area contributed by atoms with E-state index >= 15 is 0 Å². The van der Waals surface area contributed by atoms with Crippen LogP contribution in [0.2, 0.25) is 0 Å². The molecule has 16 heavy (non-hydrogen) atoms. The number of carbonyl (C=O) groups excluding carboxylic acids is 1. The smallest absolute Gasteiger partial charge is 0.253 e. The minimum Gasteiger partial charge on any atom is -0.399 e. The van der Waals surface area contributed by atoms with Crippen LogP contribution in [0.15, 0.2) is 18.2 Å². The van der Waals surface area contributed by atoms with Crippen LogP contribution in [-0.4, -0.2) is 18.5 Å². The summed E-state index contributed by atoms with van der Waals surface area (Å²) in [4.78, 5) is 11.8. The Kier molecular flexibility index (Phi) is 4.17. The third-order valence-electron chi connectivity index (χ3n) is 2.07. The highest BCUT2D eigenvalue weighted by Gasteiger charge is 2.11. The van der Waals surface area contributed by atoms with Crippen LogP contribution in [0.25, 0.3) is 0 Å². The van der Waals surface area contributed by atoms with Crippen molar-refractivity contribution < 1.29 is 4.79 Å². The summed E-state index contributed by atoms with van der Waals surface area (Å²) in [6.07, 6.45) is 0. The van der Waals surface area contributed by atoms with Crippen molar-refractivity contribution in [2.75, 3.05) is 17.6 Å². The molecule has 1 aromatic carbocycles. The van der Waals surface area contributed by atoms with Gasteiger partial charge in [-0.05, 0) is 39.0 Å². The quantitative estimate of drug-likeness (QED) is 0.680. The van der Waals surface area contributed by atoms with Gasteiger partial charge in [0, 0.05) is 24.0 Å². The molecule has 4 heteroatoms. The van der Waals surface area contributed by atoms with Gasteiger partial charge in [0.15, 0.2) is 0 Å². The van der Waals surface area contributed by atoms with E-state index in [1.807, 2.05) is 26.8 Å². The fourth-order valence-electron chi connectivity index (χ4n) is 1.44. The molecule has 0 saturated carbocycles. The lowest BCUT2D eigenvalue weighted by Crippen LogP contribution is -2.25. The monoisotopic (exact) mass is 221 g/mol. The topological polar surface area (TPSA) is 67.2 Å². The number of nitrogen functional groups attached to an aromatic ring is 1. The molecule has 0 saturated heterocycles. The third-order valence-corrected chi connectivity index (χ3v) is 2.07. The molecule has 0 spiro atoms. The molecular weight excluding hydrogens is 202 g/mol. The van der Waals surface area contributed by atoms with Gasteiger partial charge < -0.3 is 16.4 Å². The lowest BCUT2D eigenvalue weighted by atomic mass is 10.1. The SMILES string of the molecule is CCNC(=O)c1cc(N)ccc1NC(C)C. The molecule has 0 heterocycles. The molecule has 0 radical (unpaired) electrons. The van der Waals surface area contributed by atoms with Gasteiger partial charge in [0.2, 0.25) is 0 Å². The van der Waals surface area contributed by atoms with Crippen molar-refractivity contribution in [1.82, 2.24) is 5.32 Å². The van der Waals surface area contributed by atoms with Crippen LogP contribution in [0.1, 0.15) is 31.1 Å². The van der Waals surface area contributed by atoms with E-state index in [-0.39, 0.29) is 11.9 Å². The van der Waals surface area contributed by atoms with Crippen LogP contribution < -0.4 is 16.4 Å². The summed E-state index contributed by atoms with van der Waals surface area (Å²) < 4.78 is 0. The number of nitrogens with one attached hydrogen (secondary N) is 2. The summed E-state index contributed by atoms with van der Waals surface area (Å²) in [6, 6.07) is 5.58. The van der Waals surface area contributed by atoms with Gasteiger partial charge in [0.25, 0.3) is 5.91 Å². The molecule has 0 aliphatic carbocycles. The lowest BCUT2D eigenvalue weighted by molar-refractivity contribution is 0.0956. The van der Waals surface area contributed by atoms with E-state index in [4.69, 9.17) is 5.73 Å². The predicted octanol–water partition coefficient (Wildman–Crippen LogP) is 1.84. The Morgan fingerprint density at radius 1 is 1.44 bits per heavy atom. The molecule has 88 valence electrons. The zero-order valence-corrected chi connectivity index (χ0v) is 10.0. The minimum absolute atomic E-state index is 0.0991. The summed E-state index contributed by atoms with van der Waals surface area (Å²) >= 11 is 0. The van der Waals surface area contributed by atoms with Crippen LogP contribution in [0, 0.1) is 0 Å². The molecule has 1 amide bonds. The second-order valence-corrected chi connectivity index (χ2v) is 3.96. The zero-order chi connectivity index (χ0) is 12.1. The number of amides is 1. The van der Waals surface area contributed by atoms with Gasteiger partial charge in [-0.3, -0.25) is 4.79 Å². The Morgan fingerprint density at radius 3 is 2.69 bits per heavy atom. The van der Waals surface area contributed by atoms with Crippen LogP contribution in [0.3, 0.4) is 0 Å². The molecular formula is C12H19N3O. The van der Waals surface area contributed by atoms with Crippen molar-refractivity contribution in [3.8, 4) is 0 Å². The van der Waals surface area contributed by atoms with Gasteiger partial charge in [-0.15, -0.1) is 0 Å². The molecule has 0 bridgehead atoms. The van der Waals surface area contributed by atoms with Gasteiger partial charge in [-0.1, -0.05) is 0 Å². The van der Waals surface area contributed by atoms with E-state index in [2.05, 4.69) is 10.6 Å². The van der Waals surface area contributed by atoms with E-state index in [1.165, 1.54) is 0 Å². The van der Waals surface area contributed by atoms with E-state index in [9.17, 15) is 4.79 Å². The average Bonchev–Trinajstić information content (AvgIpc) is 2.20. The maximum Gasteiger partial charge on any atom is 0.253 e. The molecule has 0 unspecified atom stereocenters. The van der Waals surface area contributed by atoms with Gasteiger partial charge in [0.1, 0.15) is 0 Å². The largest absolute Gasteiger partial charge is 0.399 e. The molecule has 0 fully saturated rings. The van der Waals surface area contributed by atoms with Gasteiger partial charge in [0.05, 0.1) is 5.56 Å². The Hall–Kier alpha value is -1.71. The van der Waals surface area contributed by atoms with Crippen LogP contribution in [0.4, 0.5) is 11.4 Å². The highest BCUT2D eigenvalue weighted by Crippen LogP contribution is 2.19. The lowest BCUT2D eigenvalue weighted by Gasteiger charge is -2.14. The Bertz CT molecular complexity index is 375. The Morgan fingerprint density at radius 2 is 2.12 bits per heavy atom. The second kappa shape index (κ2) is 5.39. The first-order valence-corrected chi connectivity index (χ1v) is 5.48. The Balaban J connectivity index is 3.02. The molecule has 0 aliphatic rings. The van der Waals surface area contributed by atoms with Crippen LogP contribution >= 0.6 is 0 Å². The molecule has 4 N–H and O–H groups in total. The fraction of sp³-hybridized carbons (Fsp3) is 0.417. The molecule has 4 nitrogen and oxygen atoms in total. The summed E-state index contributed by atoms with van der Waals surface area (Å²) in [5, 5.41) is 5.99. The highest BCUT2D eigenvalue weighted by molar-refractivity contribution is 6.00. The standard InChI is InChI=1S/C12H19N3O/c1-4-14-12(16)10-7-9(13)5-6-11(10)15-8(2)3/h5-8,15H,4,13H2,1-3H3,(H,14,16). The van der Waals surface area contributed by atoms with Gasteiger partial charge in [-0.25, -0.2) is 0 Å². The maximum absolute atomic E-state index is 11.8. The summed E-state index contributed by atoms with van der Waals surface area (Å²) in [5.41, 5.74) is 7.69. The summed E-state index contributed by atoms with van der Waals surface area (Å²) in [5.74, 6) is -0.0991. The second-order valence-electron chi connectivity index (χ2n) is 3.96. The van der Waals surface area contributed by atoms with Crippen LogP contribution in [0.5, 0.6) is 0 Å². The van der Waals surface area contributed by atoms with Crippen molar-refractivity contribution in [1.29, 1.82) is 0 Å². The number of carbonyl (C=O) groups is 1. The number of hydrogen-bond acceptors (Lipinski definition) is 3. The van der Waals surface area contributed by atoms with Crippen molar-refractivity contribution in [3.05, 3.63) is 23.8 Å². The molecule has 0 aliphatic heterocycles. The first kappa shape index (κ1) is 12.4. The van der Waals surface area contributed by atoms with E-state index in [0.29, 0.717) is 17.8 Å². The predicted molar refractivity (Wildman–Crippen MR) is 67.6 cm³/mol. The van der Waals surface area contributed by atoms with Crippen molar-refractivity contribution in [2.45, 2.75) is 26.8 Å². The number of hydrogen-bond donors (Lipinski definition) is 3. The van der Waals surface area contributed by atoms with Gasteiger partial charge in [-0.2, -0.15) is 0 Å². The Labute approximate surface area is 96.2 Å². The van der Waals surface area contributed by atoms with E-state index in [1.54, 1.807) is 12.1 Å². The van der Waals surface area contributed by atoms with Crippen molar-refractivity contribution in [3.63, 3.8) is 0 Å². The van der Waals surface area contributed by atoms with E-state index in [0.717, 1.165) is 5.69 Å². The highest BCUT2D eigenvalue weighted by atomic mass is 16.1. The fourth-order valence-corrected chi connectivity index (χ4v) is 1.44. The molecule has 1 aromatic rings. The maximum atomic E-state index is 11.8. The molecule has 0 atom stereocenters. The number of benzene rings is 1. The number of rotatable bonds is 4. The minimum atomic E-state index is -0.0991. The number of nitrogens with two attached hydrogens (primary N) is 1. The number of anilines is 2. The van der Waals surface area contributed by atoms with Gasteiger partial charge >= 0.3 is 0 Å². The summed E-state index contributed by atoms with van der Waals surface area (Å²) in [7, 11) is 0. The molecule has 1 rings (SSSR count). The van der Waals surface area contributed by atoms with E-state index < -0.39 is 0 Å². The third kappa shape index (κ3) is 3.15. The first-order valence-electron chi connectivity index (χ1n) is 5.48. The average molecular weight is 221 g/mol. The van der Waals surface area contributed by atoms with Crippen LogP contribution in [-0.2, 0) is 0 Å². The molecule has 0 aromatic heterocycles. The van der Waals surface area contributed by atoms with Crippen molar-refractivity contribution >= 4 is 17.3 Å². The van der Waals surface area contributed by atoms with Crippen molar-refractivity contribution in [2.24, 2.45) is 0 Å².